The quantitative estimate of drug-likeness (QED) is 0.754. The number of hydrogen-bond acceptors (Lipinski definition) is 2. The minimum Gasteiger partial charge on any atom is -0.325 e. The second-order valence-electron chi connectivity index (χ2n) is 2.80. The number of hydrogen-bond donors (Lipinski definition) is 1. The molecule has 66 valence electrons. The summed E-state index contributed by atoms with van der Waals surface area (Å²) >= 11 is 6.05. The lowest BCUT2D eigenvalue weighted by atomic mass is 10.1. The molecule has 1 aromatic heterocycles. The zero-order valence-corrected chi connectivity index (χ0v) is 7.75. The monoisotopic (exact) mass is 192 g/mol. The second kappa shape index (κ2) is 3.32. The minimum absolute atomic E-state index is 0.418. The zero-order chi connectivity index (χ0) is 9.26. The Kier molecular flexibility index (Phi) is 2.17. The molecular formula is C10H9ClN2. The van der Waals surface area contributed by atoms with Crippen molar-refractivity contribution in [3.63, 3.8) is 0 Å². The third-order valence-electron chi connectivity index (χ3n) is 2.01. The van der Waals surface area contributed by atoms with Crippen molar-refractivity contribution in [2.45, 2.75) is 6.54 Å². The van der Waals surface area contributed by atoms with Crippen LogP contribution < -0.4 is 5.73 Å². The van der Waals surface area contributed by atoms with Crippen LogP contribution in [0.3, 0.4) is 0 Å². The van der Waals surface area contributed by atoms with Gasteiger partial charge in [0.05, 0.1) is 10.7 Å². The highest BCUT2D eigenvalue weighted by molar-refractivity contribution is 6.35. The fourth-order valence-electron chi connectivity index (χ4n) is 1.41. The Balaban J connectivity index is 2.87. The van der Waals surface area contributed by atoms with E-state index in [0.29, 0.717) is 11.6 Å². The summed E-state index contributed by atoms with van der Waals surface area (Å²) in [5.74, 6) is 0. The van der Waals surface area contributed by atoms with E-state index in [9.17, 15) is 0 Å². The number of pyridine rings is 1. The van der Waals surface area contributed by atoms with E-state index in [4.69, 9.17) is 17.3 Å². The molecule has 0 atom stereocenters. The van der Waals surface area contributed by atoms with Gasteiger partial charge < -0.3 is 5.73 Å². The summed E-state index contributed by atoms with van der Waals surface area (Å²) < 4.78 is 0. The molecule has 0 bridgehead atoms. The maximum absolute atomic E-state index is 6.05. The molecule has 2 rings (SSSR count). The van der Waals surface area contributed by atoms with Crippen LogP contribution in [-0.2, 0) is 6.54 Å². The summed E-state index contributed by atoms with van der Waals surface area (Å²) in [5.41, 5.74) is 6.41. The van der Waals surface area contributed by atoms with Crippen molar-refractivity contribution in [3.8, 4) is 0 Å². The van der Waals surface area contributed by atoms with Gasteiger partial charge in [-0.3, -0.25) is 4.98 Å². The van der Waals surface area contributed by atoms with Gasteiger partial charge in [-0.15, -0.1) is 0 Å². The second-order valence-corrected chi connectivity index (χ2v) is 3.21. The van der Waals surface area contributed by atoms with Crippen LogP contribution in [0.5, 0.6) is 0 Å². The minimum atomic E-state index is 0.418. The first-order valence-corrected chi connectivity index (χ1v) is 4.43. The van der Waals surface area contributed by atoms with E-state index < -0.39 is 0 Å². The number of benzene rings is 1. The molecular weight excluding hydrogens is 184 g/mol. The van der Waals surface area contributed by atoms with Crippen molar-refractivity contribution in [2.24, 2.45) is 5.73 Å². The molecule has 0 aliphatic heterocycles. The highest BCUT2D eigenvalue weighted by atomic mass is 35.5. The van der Waals surface area contributed by atoms with Crippen molar-refractivity contribution in [3.05, 3.63) is 41.2 Å². The van der Waals surface area contributed by atoms with Gasteiger partial charge in [0, 0.05) is 18.1 Å². The van der Waals surface area contributed by atoms with Gasteiger partial charge in [-0.1, -0.05) is 23.7 Å². The maximum atomic E-state index is 6.05. The van der Waals surface area contributed by atoms with E-state index >= 15 is 0 Å². The van der Waals surface area contributed by atoms with Crippen LogP contribution in [0.15, 0.2) is 30.5 Å². The highest BCUT2D eigenvalue weighted by Gasteiger charge is 2.03. The van der Waals surface area contributed by atoms with Crippen LogP contribution in [0.25, 0.3) is 10.8 Å². The fourth-order valence-corrected chi connectivity index (χ4v) is 1.70. The van der Waals surface area contributed by atoms with Crippen LogP contribution in [0.4, 0.5) is 0 Å². The van der Waals surface area contributed by atoms with Crippen molar-refractivity contribution in [1.82, 2.24) is 4.98 Å². The number of fused-ring (bicyclic) bond motifs is 1. The van der Waals surface area contributed by atoms with E-state index in [2.05, 4.69) is 4.98 Å². The molecule has 2 aromatic rings. The van der Waals surface area contributed by atoms with Crippen molar-refractivity contribution >= 4 is 22.4 Å². The zero-order valence-electron chi connectivity index (χ0n) is 7.00. The molecule has 1 aromatic carbocycles. The molecule has 0 amide bonds. The van der Waals surface area contributed by atoms with Gasteiger partial charge >= 0.3 is 0 Å². The number of aromatic nitrogens is 1. The highest BCUT2D eigenvalue weighted by Crippen LogP contribution is 2.24. The predicted molar refractivity (Wildman–Crippen MR) is 54.6 cm³/mol. The lowest BCUT2D eigenvalue weighted by Crippen LogP contribution is -2.00. The fraction of sp³-hybridized carbons (Fsp3) is 0.100. The lowest BCUT2D eigenvalue weighted by Gasteiger charge is -2.04. The first kappa shape index (κ1) is 8.48. The molecule has 0 aliphatic carbocycles. The number of rotatable bonds is 1. The van der Waals surface area contributed by atoms with Gasteiger partial charge in [-0.2, -0.15) is 0 Å². The van der Waals surface area contributed by atoms with Crippen LogP contribution >= 0.6 is 11.6 Å². The Hall–Kier alpha value is -1.12. The van der Waals surface area contributed by atoms with Crippen molar-refractivity contribution in [2.75, 3.05) is 0 Å². The molecule has 2 N–H and O–H groups in total. The molecule has 0 aliphatic rings. The molecule has 0 fully saturated rings. The summed E-state index contributed by atoms with van der Waals surface area (Å²) in [7, 11) is 0. The Morgan fingerprint density at radius 1 is 1.31 bits per heavy atom. The summed E-state index contributed by atoms with van der Waals surface area (Å²) in [5, 5.41) is 2.77. The van der Waals surface area contributed by atoms with Gasteiger partial charge in [-0.25, -0.2) is 0 Å². The van der Waals surface area contributed by atoms with Crippen LogP contribution in [0.2, 0.25) is 5.02 Å². The standard InChI is InChI=1S/C10H9ClN2/c11-8-3-1-2-7-4-5-13-9(6-12)10(7)8/h1-5H,6,12H2. The molecule has 3 heteroatoms. The van der Waals surface area contributed by atoms with Crippen molar-refractivity contribution in [1.29, 1.82) is 0 Å². The van der Waals surface area contributed by atoms with Gasteiger partial charge in [0.2, 0.25) is 0 Å². The number of halogens is 1. The van der Waals surface area contributed by atoms with Gasteiger partial charge in [0.25, 0.3) is 0 Å². The topological polar surface area (TPSA) is 38.9 Å². The maximum Gasteiger partial charge on any atom is 0.0632 e. The summed E-state index contributed by atoms with van der Waals surface area (Å²) in [6.07, 6.45) is 1.75. The summed E-state index contributed by atoms with van der Waals surface area (Å²) in [6.45, 7) is 0.418. The predicted octanol–water partition coefficient (Wildman–Crippen LogP) is 2.35. The Morgan fingerprint density at radius 3 is 2.92 bits per heavy atom. The van der Waals surface area contributed by atoms with Crippen LogP contribution in [0, 0.1) is 0 Å². The molecule has 0 radical (unpaired) electrons. The first-order valence-electron chi connectivity index (χ1n) is 4.05. The summed E-state index contributed by atoms with van der Waals surface area (Å²) in [6, 6.07) is 7.71. The Labute approximate surface area is 81.3 Å². The van der Waals surface area contributed by atoms with E-state index in [-0.39, 0.29) is 0 Å². The SMILES string of the molecule is NCc1nccc2cccc(Cl)c12. The third-order valence-corrected chi connectivity index (χ3v) is 2.33. The Bertz CT molecular complexity index is 435. The van der Waals surface area contributed by atoms with Gasteiger partial charge in [0.15, 0.2) is 0 Å². The average Bonchev–Trinajstić information content (AvgIpc) is 2.17. The number of nitrogens with zero attached hydrogens (tertiary/aromatic N) is 1. The van der Waals surface area contributed by atoms with E-state index in [1.165, 1.54) is 0 Å². The normalized spacial score (nSPS) is 10.6. The van der Waals surface area contributed by atoms with Crippen molar-refractivity contribution < 1.29 is 0 Å². The van der Waals surface area contributed by atoms with Crippen LogP contribution in [0.1, 0.15) is 5.69 Å². The third kappa shape index (κ3) is 1.39. The molecule has 1 heterocycles. The lowest BCUT2D eigenvalue weighted by molar-refractivity contribution is 1.01. The molecule has 13 heavy (non-hydrogen) atoms. The number of nitrogens with two attached hydrogens (primary N) is 1. The first-order chi connectivity index (χ1) is 6.33. The smallest absolute Gasteiger partial charge is 0.0632 e. The Morgan fingerprint density at radius 2 is 2.15 bits per heavy atom. The van der Waals surface area contributed by atoms with Gasteiger partial charge in [-0.05, 0) is 17.5 Å². The van der Waals surface area contributed by atoms with E-state index in [1.54, 1.807) is 6.20 Å². The van der Waals surface area contributed by atoms with Gasteiger partial charge in [0.1, 0.15) is 0 Å². The molecule has 0 saturated carbocycles. The van der Waals surface area contributed by atoms with Crippen LogP contribution in [-0.4, -0.2) is 4.98 Å². The molecule has 0 saturated heterocycles. The average molecular weight is 193 g/mol. The molecule has 0 spiro atoms. The summed E-state index contributed by atoms with van der Waals surface area (Å²) in [4.78, 5) is 4.18. The largest absolute Gasteiger partial charge is 0.325 e. The van der Waals surface area contributed by atoms with E-state index in [0.717, 1.165) is 16.5 Å². The molecule has 0 unspecified atom stereocenters. The molecule has 2 nitrogen and oxygen atoms in total. The van der Waals surface area contributed by atoms with E-state index in [1.807, 2.05) is 24.3 Å².